The molecular formula is C18H25N3O3. The highest BCUT2D eigenvalue weighted by atomic mass is 16.7. The van der Waals surface area contributed by atoms with Gasteiger partial charge in [-0.05, 0) is 44.1 Å². The van der Waals surface area contributed by atoms with Crippen molar-refractivity contribution in [2.75, 3.05) is 46.6 Å². The third-order valence-electron chi connectivity index (χ3n) is 5.33. The van der Waals surface area contributed by atoms with Gasteiger partial charge in [-0.2, -0.15) is 0 Å². The number of fused-ring (bicyclic) bond motifs is 1. The first kappa shape index (κ1) is 15.7. The molecular weight excluding hydrogens is 306 g/mol. The van der Waals surface area contributed by atoms with Crippen LogP contribution in [0.25, 0.3) is 0 Å². The van der Waals surface area contributed by atoms with Gasteiger partial charge in [0.15, 0.2) is 11.5 Å². The van der Waals surface area contributed by atoms with E-state index in [4.69, 9.17) is 9.47 Å². The van der Waals surface area contributed by atoms with Gasteiger partial charge in [0.25, 0.3) is 0 Å². The predicted octanol–water partition coefficient (Wildman–Crippen LogP) is 1.15. The zero-order valence-corrected chi connectivity index (χ0v) is 14.2. The zero-order chi connectivity index (χ0) is 16.5. The first-order valence-corrected chi connectivity index (χ1v) is 8.80. The van der Waals surface area contributed by atoms with E-state index in [0.29, 0.717) is 12.7 Å². The van der Waals surface area contributed by atoms with Crippen molar-refractivity contribution in [1.29, 1.82) is 0 Å². The molecule has 3 aliphatic rings. The fraction of sp³-hybridized carbons (Fsp3) is 0.611. The Morgan fingerprint density at radius 3 is 2.67 bits per heavy atom. The molecule has 3 heterocycles. The van der Waals surface area contributed by atoms with Crippen LogP contribution >= 0.6 is 0 Å². The number of likely N-dealkylation sites (N-methyl/N-ethyl adjacent to an activating group) is 1. The van der Waals surface area contributed by atoms with E-state index >= 15 is 0 Å². The lowest BCUT2D eigenvalue weighted by atomic mass is 10.1. The molecule has 3 aliphatic heterocycles. The van der Waals surface area contributed by atoms with Crippen LogP contribution in [-0.4, -0.2) is 73.2 Å². The molecule has 1 unspecified atom stereocenters. The van der Waals surface area contributed by atoms with E-state index in [9.17, 15) is 4.79 Å². The van der Waals surface area contributed by atoms with Gasteiger partial charge in [-0.3, -0.25) is 14.6 Å². The zero-order valence-electron chi connectivity index (χ0n) is 14.2. The first-order chi connectivity index (χ1) is 11.7. The number of rotatable bonds is 3. The molecule has 2 fully saturated rings. The molecule has 1 amide bonds. The van der Waals surface area contributed by atoms with Gasteiger partial charge < -0.3 is 14.4 Å². The standard InChI is InChI=1S/C18H25N3O3/c1-19-6-2-3-15(19)18(22)21-9-7-20(8-10-21)12-14-4-5-16-17(11-14)24-13-23-16/h4-5,11,15H,2-3,6-10,12-13H2,1H3. The number of likely N-dealkylation sites (tertiary alicyclic amines) is 1. The molecule has 24 heavy (non-hydrogen) atoms. The van der Waals surface area contributed by atoms with E-state index < -0.39 is 0 Å². The van der Waals surface area contributed by atoms with Gasteiger partial charge in [0.1, 0.15) is 0 Å². The van der Waals surface area contributed by atoms with Crippen molar-refractivity contribution in [1.82, 2.24) is 14.7 Å². The average Bonchev–Trinajstić information content (AvgIpc) is 3.23. The quantitative estimate of drug-likeness (QED) is 0.831. The monoisotopic (exact) mass is 331 g/mol. The second kappa shape index (κ2) is 6.61. The van der Waals surface area contributed by atoms with Crippen molar-refractivity contribution < 1.29 is 14.3 Å². The Kier molecular flexibility index (Phi) is 4.33. The summed E-state index contributed by atoms with van der Waals surface area (Å²) in [7, 11) is 2.06. The molecule has 0 aliphatic carbocycles. The Morgan fingerprint density at radius 2 is 1.92 bits per heavy atom. The maximum Gasteiger partial charge on any atom is 0.240 e. The van der Waals surface area contributed by atoms with Crippen LogP contribution < -0.4 is 9.47 Å². The maximum absolute atomic E-state index is 12.6. The molecule has 6 heteroatoms. The summed E-state index contributed by atoms with van der Waals surface area (Å²) >= 11 is 0. The summed E-state index contributed by atoms with van der Waals surface area (Å²) in [4.78, 5) is 19.3. The number of ether oxygens (including phenoxy) is 2. The van der Waals surface area contributed by atoms with Crippen LogP contribution in [0.4, 0.5) is 0 Å². The van der Waals surface area contributed by atoms with Crippen LogP contribution in [0, 0.1) is 0 Å². The Labute approximate surface area is 142 Å². The summed E-state index contributed by atoms with van der Waals surface area (Å²) in [6.07, 6.45) is 2.14. The highest BCUT2D eigenvalue weighted by Crippen LogP contribution is 2.32. The molecule has 0 bridgehead atoms. The number of benzene rings is 1. The Morgan fingerprint density at radius 1 is 1.12 bits per heavy atom. The van der Waals surface area contributed by atoms with E-state index in [0.717, 1.165) is 63.6 Å². The van der Waals surface area contributed by atoms with E-state index in [1.54, 1.807) is 0 Å². The van der Waals surface area contributed by atoms with E-state index in [1.807, 2.05) is 11.0 Å². The van der Waals surface area contributed by atoms with Gasteiger partial charge in [0.05, 0.1) is 6.04 Å². The van der Waals surface area contributed by atoms with Crippen LogP contribution in [0.2, 0.25) is 0 Å². The fourth-order valence-electron chi connectivity index (χ4n) is 3.86. The number of piperazine rings is 1. The molecule has 0 aromatic heterocycles. The van der Waals surface area contributed by atoms with E-state index in [1.165, 1.54) is 5.56 Å². The Hall–Kier alpha value is -1.79. The molecule has 2 saturated heterocycles. The van der Waals surface area contributed by atoms with Crippen molar-refractivity contribution in [3.8, 4) is 11.5 Å². The number of hydrogen-bond donors (Lipinski definition) is 0. The minimum atomic E-state index is 0.102. The highest BCUT2D eigenvalue weighted by molar-refractivity contribution is 5.82. The molecule has 0 spiro atoms. The summed E-state index contributed by atoms with van der Waals surface area (Å²) in [5.74, 6) is 1.98. The molecule has 0 N–H and O–H groups in total. The van der Waals surface area contributed by atoms with Gasteiger partial charge >= 0.3 is 0 Å². The summed E-state index contributed by atoms with van der Waals surface area (Å²) in [5.41, 5.74) is 1.23. The highest BCUT2D eigenvalue weighted by Gasteiger charge is 2.32. The van der Waals surface area contributed by atoms with Crippen molar-refractivity contribution in [3.05, 3.63) is 23.8 Å². The second-order valence-corrected chi connectivity index (χ2v) is 6.93. The van der Waals surface area contributed by atoms with Crippen LogP contribution in [0.5, 0.6) is 11.5 Å². The normalized spacial score (nSPS) is 24.5. The van der Waals surface area contributed by atoms with Crippen molar-refractivity contribution in [3.63, 3.8) is 0 Å². The maximum atomic E-state index is 12.6. The molecule has 1 aromatic carbocycles. The van der Waals surface area contributed by atoms with E-state index in [-0.39, 0.29) is 6.04 Å². The number of nitrogens with zero attached hydrogens (tertiary/aromatic N) is 3. The van der Waals surface area contributed by atoms with E-state index in [2.05, 4.69) is 29.0 Å². The van der Waals surface area contributed by atoms with Crippen molar-refractivity contribution in [2.45, 2.75) is 25.4 Å². The predicted molar refractivity (Wildman–Crippen MR) is 90.1 cm³/mol. The lowest BCUT2D eigenvalue weighted by Crippen LogP contribution is -2.52. The van der Waals surface area contributed by atoms with Gasteiger partial charge in [-0.25, -0.2) is 0 Å². The largest absolute Gasteiger partial charge is 0.454 e. The van der Waals surface area contributed by atoms with Gasteiger partial charge in [-0.1, -0.05) is 6.07 Å². The summed E-state index contributed by atoms with van der Waals surface area (Å²) < 4.78 is 10.8. The van der Waals surface area contributed by atoms with Crippen LogP contribution in [0.3, 0.4) is 0 Å². The first-order valence-electron chi connectivity index (χ1n) is 8.80. The molecule has 0 saturated carbocycles. The van der Waals surface area contributed by atoms with Crippen LogP contribution in [0.1, 0.15) is 18.4 Å². The summed E-state index contributed by atoms with van der Waals surface area (Å²) in [5, 5.41) is 0. The second-order valence-electron chi connectivity index (χ2n) is 6.93. The fourth-order valence-corrected chi connectivity index (χ4v) is 3.86. The molecule has 130 valence electrons. The molecule has 1 aromatic rings. The average molecular weight is 331 g/mol. The summed E-state index contributed by atoms with van der Waals surface area (Å²) in [6.45, 7) is 5.76. The Bertz CT molecular complexity index is 614. The number of hydrogen-bond acceptors (Lipinski definition) is 5. The van der Waals surface area contributed by atoms with Gasteiger partial charge in [-0.15, -0.1) is 0 Å². The molecule has 6 nitrogen and oxygen atoms in total. The van der Waals surface area contributed by atoms with Crippen molar-refractivity contribution >= 4 is 5.91 Å². The minimum absolute atomic E-state index is 0.102. The van der Waals surface area contributed by atoms with Gasteiger partial charge in [0.2, 0.25) is 12.7 Å². The third kappa shape index (κ3) is 3.08. The number of carbonyl (C=O) groups excluding carboxylic acids is 1. The van der Waals surface area contributed by atoms with Crippen LogP contribution in [-0.2, 0) is 11.3 Å². The molecule has 1 atom stereocenters. The van der Waals surface area contributed by atoms with Gasteiger partial charge in [0, 0.05) is 32.7 Å². The Balaban J connectivity index is 1.31. The smallest absolute Gasteiger partial charge is 0.240 e. The number of carbonyl (C=O) groups is 1. The third-order valence-corrected chi connectivity index (χ3v) is 5.33. The molecule has 0 radical (unpaired) electrons. The SMILES string of the molecule is CN1CCCC1C(=O)N1CCN(Cc2ccc3c(c2)OCO3)CC1. The minimum Gasteiger partial charge on any atom is -0.454 e. The topological polar surface area (TPSA) is 45.3 Å². The number of amides is 1. The summed E-state index contributed by atoms with van der Waals surface area (Å²) in [6, 6.07) is 6.24. The van der Waals surface area contributed by atoms with Crippen molar-refractivity contribution in [2.24, 2.45) is 0 Å². The lowest BCUT2D eigenvalue weighted by Gasteiger charge is -2.36. The van der Waals surface area contributed by atoms with Crippen LogP contribution in [0.15, 0.2) is 18.2 Å². The molecule has 4 rings (SSSR count). The lowest BCUT2D eigenvalue weighted by molar-refractivity contribution is -0.137.